The molecule has 32 heavy (non-hydrogen) atoms. The van der Waals surface area contributed by atoms with Crippen LogP contribution >= 0.6 is 23.7 Å². The lowest BCUT2D eigenvalue weighted by atomic mass is 10.1. The summed E-state index contributed by atoms with van der Waals surface area (Å²) in [5.74, 6) is -0.168. The molecule has 2 aromatic heterocycles. The maximum absolute atomic E-state index is 13.6. The van der Waals surface area contributed by atoms with Crippen LogP contribution in [0.15, 0.2) is 42.6 Å². The van der Waals surface area contributed by atoms with E-state index in [0.29, 0.717) is 22.9 Å². The van der Waals surface area contributed by atoms with Gasteiger partial charge < -0.3 is 4.90 Å². The highest BCUT2D eigenvalue weighted by Crippen LogP contribution is 2.32. The number of nitrogens with zero attached hydrogens (tertiary/aromatic N) is 5. The van der Waals surface area contributed by atoms with Crippen LogP contribution in [0.5, 0.6) is 0 Å². The summed E-state index contributed by atoms with van der Waals surface area (Å²) in [5, 5.41) is 0.704. The molecule has 2 heterocycles. The van der Waals surface area contributed by atoms with Gasteiger partial charge in [-0.3, -0.25) is 14.7 Å². The molecule has 4 aromatic rings. The molecule has 0 saturated heterocycles. The Kier molecular flexibility index (Phi) is 7.77. The number of rotatable bonds is 7. The lowest BCUT2D eigenvalue weighted by molar-refractivity contribution is 0.0979. The van der Waals surface area contributed by atoms with Crippen molar-refractivity contribution in [2.24, 2.45) is 0 Å². The van der Waals surface area contributed by atoms with E-state index in [1.807, 2.05) is 24.3 Å². The Morgan fingerprint density at radius 2 is 1.69 bits per heavy atom. The minimum Gasteiger partial charge on any atom is -0.302 e. The van der Waals surface area contributed by atoms with Gasteiger partial charge in [0.2, 0.25) is 0 Å². The second-order valence-corrected chi connectivity index (χ2v) is 8.63. The number of aryl methyl sites for hydroxylation is 2. The summed E-state index contributed by atoms with van der Waals surface area (Å²) in [6.07, 6.45) is 1.57. The van der Waals surface area contributed by atoms with Gasteiger partial charge in [0.15, 0.2) is 5.13 Å². The van der Waals surface area contributed by atoms with Crippen LogP contribution in [0, 0.1) is 13.8 Å². The quantitative estimate of drug-likeness (QED) is 0.369. The van der Waals surface area contributed by atoms with Gasteiger partial charge in [-0.2, -0.15) is 0 Å². The van der Waals surface area contributed by atoms with Crippen LogP contribution in [0.4, 0.5) is 5.13 Å². The highest BCUT2D eigenvalue weighted by atomic mass is 35.5. The second kappa shape index (κ2) is 10.3. The van der Waals surface area contributed by atoms with Gasteiger partial charge in [0.25, 0.3) is 5.91 Å². The van der Waals surface area contributed by atoms with Crippen molar-refractivity contribution in [3.8, 4) is 0 Å². The molecule has 0 spiro atoms. The van der Waals surface area contributed by atoms with Crippen LogP contribution in [-0.4, -0.2) is 51.9 Å². The monoisotopic (exact) mass is 469 g/mol. The summed E-state index contributed by atoms with van der Waals surface area (Å²) in [7, 11) is 0. The average Bonchev–Trinajstić information content (AvgIpc) is 3.20. The van der Waals surface area contributed by atoms with Gasteiger partial charge in [0, 0.05) is 13.1 Å². The predicted octanol–water partition coefficient (Wildman–Crippen LogP) is 5.27. The van der Waals surface area contributed by atoms with Gasteiger partial charge in [0.05, 0.1) is 27.4 Å². The van der Waals surface area contributed by atoms with Gasteiger partial charge in [-0.05, 0) is 56.3 Å². The molecule has 6 nitrogen and oxygen atoms in total. The highest BCUT2D eigenvalue weighted by molar-refractivity contribution is 7.22. The van der Waals surface area contributed by atoms with Crippen molar-refractivity contribution in [2.75, 3.05) is 31.1 Å². The van der Waals surface area contributed by atoms with Crippen molar-refractivity contribution >= 4 is 56.0 Å². The molecule has 168 valence electrons. The molecular formula is C24H28ClN5OS. The Morgan fingerprint density at radius 1 is 0.969 bits per heavy atom. The number of para-hydroxylation sites is 2. The first-order chi connectivity index (χ1) is 15.0. The zero-order valence-electron chi connectivity index (χ0n) is 18.8. The number of benzene rings is 2. The number of fused-ring (bicyclic) bond motifs is 2. The zero-order chi connectivity index (χ0) is 22.0. The third kappa shape index (κ3) is 4.90. The number of carbonyl (C=O) groups is 1. The summed E-state index contributed by atoms with van der Waals surface area (Å²) in [6, 6.07) is 11.8. The van der Waals surface area contributed by atoms with Crippen LogP contribution in [0.2, 0.25) is 0 Å². The van der Waals surface area contributed by atoms with E-state index in [1.165, 1.54) is 11.1 Å². The number of likely N-dealkylation sites (N-methyl/N-ethyl adjacent to an activating group) is 1. The van der Waals surface area contributed by atoms with Gasteiger partial charge in [-0.25, -0.2) is 9.97 Å². The van der Waals surface area contributed by atoms with E-state index >= 15 is 0 Å². The number of halogens is 1. The van der Waals surface area contributed by atoms with Crippen LogP contribution in [-0.2, 0) is 0 Å². The second-order valence-electron chi connectivity index (χ2n) is 7.65. The number of anilines is 1. The first-order valence-corrected chi connectivity index (χ1v) is 11.5. The third-order valence-electron chi connectivity index (χ3n) is 5.49. The van der Waals surface area contributed by atoms with Crippen molar-refractivity contribution in [3.05, 3.63) is 59.4 Å². The summed E-state index contributed by atoms with van der Waals surface area (Å²) in [5.41, 5.74) is 5.12. The topological polar surface area (TPSA) is 62.2 Å². The number of hydrogen-bond acceptors (Lipinski definition) is 6. The minimum absolute atomic E-state index is 0. The number of hydrogen-bond donors (Lipinski definition) is 0. The average molecular weight is 470 g/mol. The maximum Gasteiger partial charge on any atom is 0.280 e. The molecule has 0 fully saturated rings. The van der Waals surface area contributed by atoms with E-state index in [4.69, 9.17) is 4.98 Å². The fourth-order valence-corrected chi connectivity index (χ4v) is 4.78. The summed E-state index contributed by atoms with van der Waals surface area (Å²) < 4.78 is 1.12. The first kappa shape index (κ1) is 24.0. The van der Waals surface area contributed by atoms with E-state index < -0.39 is 0 Å². The molecule has 1 amide bonds. The standard InChI is InChI=1S/C24H27N5OS.ClH/c1-5-28(6-2)11-12-29(24-27-20-14-16(3)13-17(4)22(20)31-24)23(30)21-15-25-18-9-7-8-10-19(18)26-21;/h7-10,13-15H,5-6,11-12H2,1-4H3;1H. The SMILES string of the molecule is CCN(CC)CCN(C(=O)c1cnc2ccccc2n1)c1nc2cc(C)cc(C)c2s1.Cl. The van der Waals surface area contributed by atoms with Gasteiger partial charge >= 0.3 is 0 Å². The normalized spacial score (nSPS) is 11.2. The smallest absolute Gasteiger partial charge is 0.280 e. The number of carbonyl (C=O) groups excluding carboxylic acids is 1. The molecule has 4 rings (SSSR count). The molecule has 0 N–H and O–H groups in total. The first-order valence-electron chi connectivity index (χ1n) is 10.6. The van der Waals surface area contributed by atoms with E-state index in [-0.39, 0.29) is 18.3 Å². The molecule has 0 saturated carbocycles. The Labute approximate surface area is 198 Å². The summed E-state index contributed by atoms with van der Waals surface area (Å²) >= 11 is 1.56. The summed E-state index contributed by atoms with van der Waals surface area (Å²) in [4.78, 5) is 31.5. The van der Waals surface area contributed by atoms with Crippen LogP contribution < -0.4 is 4.90 Å². The van der Waals surface area contributed by atoms with Crippen LogP contribution in [0.25, 0.3) is 21.3 Å². The van der Waals surface area contributed by atoms with Crippen molar-refractivity contribution in [1.29, 1.82) is 0 Å². The molecule has 2 aromatic carbocycles. The lowest BCUT2D eigenvalue weighted by Gasteiger charge is -2.24. The van der Waals surface area contributed by atoms with E-state index in [2.05, 4.69) is 54.7 Å². The minimum atomic E-state index is -0.168. The highest BCUT2D eigenvalue weighted by Gasteiger charge is 2.24. The maximum atomic E-state index is 13.6. The number of aromatic nitrogens is 3. The Bertz CT molecular complexity index is 1240. The molecule has 0 aliphatic heterocycles. The molecular weight excluding hydrogens is 442 g/mol. The summed E-state index contributed by atoms with van der Waals surface area (Å²) in [6.45, 7) is 11.6. The van der Waals surface area contributed by atoms with Gasteiger partial charge in [0.1, 0.15) is 5.69 Å². The fourth-order valence-electron chi connectivity index (χ4n) is 3.74. The molecule has 0 aliphatic rings. The van der Waals surface area contributed by atoms with Crippen LogP contribution in [0.1, 0.15) is 35.5 Å². The predicted molar refractivity (Wildman–Crippen MR) is 135 cm³/mol. The van der Waals surface area contributed by atoms with Gasteiger partial charge in [-0.15, -0.1) is 12.4 Å². The van der Waals surface area contributed by atoms with Crippen molar-refractivity contribution in [1.82, 2.24) is 19.9 Å². The Hall–Kier alpha value is -2.61. The fraction of sp³-hybridized carbons (Fsp3) is 0.333. The largest absolute Gasteiger partial charge is 0.302 e. The molecule has 0 unspecified atom stereocenters. The van der Waals surface area contributed by atoms with E-state index in [1.54, 1.807) is 22.4 Å². The van der Waals surface area contributed by atoms with Crippen molar-refractivity contribution in [2.45, 2.75) is 27.7 Å². The lowest BCUT2D eigenvalue weighted by Crippen LogP contribution is -2.39. The van der Waals surface area contributed by atoms with Crippen molar-refractivity contribution in [3.63, 3.8) is 0 Å². The Morgan fingerprint density at radius 3 is 2.41 bits per heavy atom. The molecule has 0 atom stereocenters. The molecule has 0 aliphatic carbocycles. The third-order valence-corrected chi connectivity index (χ3v) is 6.72. The van der Waals surface area contributed by atoms with Crippen molar-refractivity contribution < 1.29 is 4.79 Å². The zero-order valence-corrected chi connectivity index (χ0v) is 20.5. The van der Waals surface area contributed by atoms with E-state index in [0.717, 1.165) is 35.4 Å². The van der Waals surface area contributed by atoms with Gasteiger partial charge in [-0.1, -0.05) is 43.4 Å². The van der Waals surface area contributed by atoms with E-state index in [9.17, 15) is 4.79 Å². The van der Waals surface area contributed by atoms with Crippen LogP contribution in [0.3, 0.4) is 0 Å². The molecule has 8 heteroatoms. The molecule has 0 bridgehead atoms. The Balaban J connectivity index is 0.00000289. The molecule has 0 radical (unpaired) electrons. The number of thiazole rings is 1. The number of amides is 1.